The van der Waals surface area contributed by atoms with Crippen molar-refractivity contribution in [1.29, 1.82) is 0 Å². The van der Waals surface area contributed by atoms with Crippen LogP contribution in [-0.4, -0.2) is 5.33 Å². The second-order valence-electron chi connectivity index (χ2n) is 3.62. The molecule has 10 heavy (non-hydrogen) atoms. The molecule has 60 valence electrons. The van der Waals surface area contributed by atoms with Crippen LogP contribution in [0.15, 0.2) is 0 Å². The monoisotopic (exact) mass is 204 g/mol. The van der Waals surface area contributed by atoms with Crippen molar-refractivity contribution in [3.05, 3.63) is 0 Å². The molecule has 0 nitrogen and oxygen atoms in total. The lowest BCUT2D eigenvalue weighted by molar-refractivity contribution is 0.278. The fourth-order valence-electron chi connectivity index (χ4n) is 1.98. The highest BCUT2D eigenvalue weighted by Crippen LogP contribution is 2.30. The maximum Gasteiger partial charge on any atom is 0.00339 e. The van der Waals surface area contributed by atoms with Crippen LogP contribution in [0.2, 0.25) is 0 Å². The Bertz CT molecular complexity index is 88.7. The van der Waals surface area contributed by atoms with E-state index in [2.05, 4.69) is 22.9 Å². The highest BCUT2D eigenvalue weighted by Gasteiger charge is 2.17. The largest absolute Gasteiger partial charge is 0.0928 e. The van der Waals surface area contributed by atoms with Crippen molar-refractivity contribution < 1.29 is 0 Å². The minimum absolute atomic E-state index is 0.998. The zero-order valence-electron chi connectivity index (χ0n) is 6.78. The van der Waals surface area contributed by atoms with Crippen LogP contribution < -0.4 is 0 Å². The van der Waals surface area contributed by atoms with Crippen molar-refractivity contribution in [2.45, 2.75) is 39.0 Å². The number of halogens is 1. The lowest BCUT2D eigenvalue weighted by Gasteiger charge is -2.25. The van der Waals surface area contributed by atoms with Gasteiger partial charge in [0.2, 0.25) is 0 Å². The molecule has 0 aliphatic heterocycles. The van der Waals surface area contributed by atoms with Gasteiger partial charge in [0.05, 0.1) is 0 Å². The summed E-state index contributed by atoms with van der Waals surface area (Å²) in [5, 5.41) is 1.20. The SMILES string of the molecule is C[C@@H]1CCC[C@@H](CCBr)C1. The Labute approximate surface area is 72.5 Å². The van der Waals surface area contributed by atoms with Crippen LogP contribution in [0.25, 0.3) is 0 Å². The number of alkyl halides is 1. The van der Waals surface area contributed by atoms with E-state index < -0.39 is 0 Å². The van der Waals surface area contributed by atoms with Gasteiger partial charge in [-0.05, 0) is 24.7 Å². The van der Waals surface area contributed by atoms with Crippen molar-refractivity contribution in [2.24, 2.45) is 11.8 Å². The lowest BCUT2D eigenvalue weighted by Crippen LogP contribution is -2.13. The predicted octanol–water partition coefficient (Wildman–Crippen LogP) is 3.60. The summed E-state index contributed by atoms with van der Waals surface area (Å²) in [5.74, 6) is 2.03. The Hall–Kier alpha value is 0.480. The lowest BCUT2D eigenvalue weighted by atomic mass is 9.81. The van der Waals surface area contributed by atoms with Gasteiger partial charge in [-0.25, -0.2) is 0 Å². The molecule has 1 aliphatic carbocycles. The van der Waals surface area contributed by atoms with Gasteiger partial charge in [-0.1, -0.05) is 42.1 Å². The first-order valence-electron chi connectivity index (χ1n) is 4.39. The van der Waals surface area contributed by atoms with Gasteiger partial charge in [0.1, 0.15) is 0 Å². The summed E-state index contributed by atoms with van der Waals surface area (Å²) in [7, 11) is 0. The van der Waals surface area contributed by atoms with Gasteiger partial charge in [0.15, 0.2) is 0 Å². The molecule has 0 saturated heterocycles. The number of rotatable bonds is 2. The maximum absolute atomic E-state index is 3.50. The molecular formula is C9H17Br. The molecule has 0 aromatic heterocycles. The summed E-state index contributed by atoms with van der Waals surface area (Å²) in [6.07, 6.45) is 7.30. The van der Waals surface area contributed by atoms with Crippen molar-refractivity contribution in [3.63, 3.8) is 0 Å². The molecule has 1 rings (SSSR count). The van der Waals surface area contributed by atoms with Gasteiger partial charge in [0.25, 0.3) is 0 Å². The summed E-state index contributed by atoms with van der Waals surface area (Å²) in [5.41, 5.74) is 0. The minimum Gasteiger partial charge on any atom is -0.0928 e. The zero-order valence-corrected chi connectivity index (χ0v) is 8.36. The first kappa shape index (κ1) is 8.58. The number of hydrogen-bond donors (Lipinski definition) is 0. The summed E-state index contributed by atoms with van der Waals surface area (Å²) in [6.45, 7) is 2.39. The second kappa shape index (κ2) is 4.38. The molecule has 0 amide bonds. The van der Waals surface area contributed by atoms with Gasteiger partial charge >= 0.3 is 0 Å². The molecule has 1 fully saturated rings. The van der Waals surface area contributed by atoms with Crippen LogP contribution >= 0.6 is 15.9 Å². The molecule has 0 aromatic rings. The molecule has 0 bridgehead atoms. The van der Waals surface area contributed by atoms with Crippen molar-refractivity contribution in [1.82, 2.24) is 0 Å². The molecule has 0 aromatic carbocycles. The smallest absolute Gasteiger partial charge is 0.00339 e. The van der Waals surface area contributed by atoms with Crippen molar-refractivity contribution in [2.75, 3.05) is 5.33 Å². The van der Waals surface area contributed by atoms with Gasteiger partial charge < -0.3 is 0 Å². The van der Waals surface area contributed by atoms with Gasteiger partial charge in [-0.15, -0.1) is 0 Å². The van der Waals surface area contributed by atoms with E-state index in [0.29, 0.717) is 0 Å². The predicted molar refractivity (Wildman–Crippen MR) is 49.5 cm³/mol. The average molecular weight is 205 g/mol. The normalized spacial score (nSPS) is 34.2. The van der Waals surface area contributed by atoms with E-state index in [9.17, 15) is 0 Å². The fraction of sp³-hybridized carbons (Fsp3) is 1.00. The van der Waals surface area contributed by atoms with Gasteiger partial charge in [0, 0.05) is 5.33 Å². The third kappa shape index (κ3) is 2.61. The molecule has 1 saturated carbocycles. The van der Waals surface area contributed by atoms with E-state index in [1.54, 1.807) is 0 Å². The standard InChI is InChI=1S/C9H17Br/c1-8-3-2-4-9(7-8)5-6-10/h8-9H,2-7H2,1H3/t8-,9+/m1/s1. The van der Waals surface area contributed by atoms with E-state index in [1.165, 1.54) is 37.4 Å². The Morgan fingerprint density at radius 3 is 2.80 bits per heavy atom. The van der Waals surface area contributed by atoms with E-state index >= 15 is 0 Å². The van der Waals surface area contributed by atoms with Crippen molar-refractivity contribution in [3.8, 4) is 0 Å². The molecule has 0 heterocycles. The van der Waals surface area contributed by atoms with E-state index in [4.69, 9.17) is 0 Å². The quantitative estimate of drug-likeness (QED) is 0.604. The first-order valence-corrected chi connectivity index (χ1v) is 5.51. The fourth-order valence-corrected chi connectivity index (χ4v) is 2.62. The molecule has 1 heteroatoms. The highest BCUT2D eigenvalue weighted by atomic mass is 79.9. The Kier molecular flexibility index (Phi) is 3.75. The Balaban J connectivity index is 2.18. The van der Waals surface area contributed by atoms with Crippen LogP contribution in [0.5, 0.6) is 0 Å². The van der Waals surface area contributed by atoms with Gasteiger partial charge in [-0.2, -0.15) is 0 Å². The van der Waals surface area contributed by atoms with Crippen LogP contribution in [0, 0.1) is 11.8 Å². The molecule has 2 atom stereocenters. The highest BCUT2D eigenvalue weighted by molar-refractivity contribution is 9.09. The number of hydrogen-bond acceptors (Lipinski definition) is 0. The third-order valence-electron chi connectivity index (χ3n) is 2.56. The summed E-state index contributed by atoms with van der Waals surface area (Å²) in [6, 6.07) is 0. The second-order valence-corrected chi connectivity index (χ2v) is 4.41. The van der Waals surface area contributed by atoms with E-state index in [1.807, 2.05) is 0 Å². The molecule has 0 N–H and O–H groups in total. The molecule has 0 radical (unpaired) electrons. The van der Waals surface area contributed by atoms with Gasteiger partial charge in [-0.3, -0.25) is 0 Å². The van der Waals surface area contributed by atoms with Crippen LogP contribution in [-0.2, 0) is 0 Å². The molecule has 1 aliphatic rings. The molecule has 0 unspecified atom stereocenters. The first-order chi connectivity index (χ1) is 4.83. The summed E-state index contributed by atoms with van der Waals surface area (Å²) >= 11 is 3.50. The van der Waals surface area contributed by atoms with Crippen LogP contribution in [0.4, 0.5) is 0 Å². The summed E-state index contributed by atoms with van der Waals surface area (Å²) in [4.78, 5) is 0. The summed E-state index contributed by atoms with van der Waals surface area (Å²) < 4.78 is 0. The minimum atomic E-state index is 0.998. The van der Waals surface area contributed by atoms with Crippen LogP contribution in [0.1, 0.15) is 39.0 Å². The van der Waals surface area contributed by atoms with E-state index in [0.717, 1.165) is 11.8 Å². The topological polar surface area (TPSA) is 0 Å². The zero-order chi connectivity index (χ0) is 7.40. The third-order valence-corrected chi connectivity index (χ3v) is 3.02. The molecular weight excluding hydrogens is 188 g/mol. The average Bonchev–Trinajstić information content (AvgIpc) is 1.88. The van der Waals surface area contributed by atoms with Crippen molar-refractivity contribution >= 4 is 15.9 Å². The Morgan fingerprint density at radius 2 is 2.20 bits per heavy atom. The Morgan fingerprint density at radius 1 is 1.40 bits per heavy atom. The molecule has 0 spiro atoms. The van der Waals surface area contributed by atoms with Crippen LogP contribution in [0.3, 0.4) is 0 Å². The maximum atomic E-state index is 3.50. The van der Waals surface area contributed by atoms with E-state index in [-0.39, 0.29) is 0 Å².